The van der Waals surface area contributed by atoms with Crippen LogP contribution in [0.15, 0.2) is 97.3 Å². The van der Waals surface area contributed by atoms with Gasteiger partial charge < -0.3 is 4.40 Å². The quantitative estimate of drug-likeness (QED) is 0.334. The van der Waals surface area contributed by atoms with E-state index in [1.165, 1.54) is 27.8 Å². The van der Waals surface area contributed by atoms with Gasteiger partial charge >= 0.3 is 0 Å². The highest BCUT2D eigenvalue weighted by Crippen LogP contribution is 2.32. The Morgan fingerprint density at radius 3 is 1.86 bits per heavy atom. The number of hydrogen-bond donors (Lipinski definition) is 0. The number of hydrogen-bond acceptors (Lipinski definition) is 1. The molecular weight excluding hydrogens is 352 g/mol. The molecule has 140 valence electrons. The largest absolute Gasteiger partial charge is 0.305 e. The molecule has 0 saturated heterocycles. The predicted molar refractivity (Wildman–Crippen MR) is 121 cm³/mol. The first-order chi connectivity index (χ1) is 14.2. The molecular formula is C27H22N2. The van der Waals surface area contributed by atoms with E-state index in [2.05, 4.69) is 110 Å². The maximum Gasteiger partial charge on any atom is 0.145 e. The number of nitrogens with zero attached hydrogens (tertiary/aromatic N) is 2. The minimum Gasteiger partial charge on any atom is -0.305 e. The smallest absolute Gasteiger partial charge is 0.145 e. The number of benzene rings is 3. The van der Waals surface area contributed by atoms with Gasteiger partial charge in [-0.2, -0.15) is 0 Å². The van der Waals surface area contributed by atoms with Crippen molar-refractivity contribution in [3.8, 4) is 33.5 Å². The lowest BCUT2D eigenvalue weighted by Crippen LogP contribution is -1.91. The monoisotopic (exact) mass is 374 g/mol. The Kier molecular flexibility index (Phi) is 4.25. The molecule has 0 atom stereocenters. The highest BCUT2D eigenvalue weighted by atomic mass is 15.0. The van der Waals surface area contributed by atoms with E-state index in [1.54, 1.807) is 0 Å². The number of pyridine rings is 1. The Labute approximate surface area is 171 Å². The lowest BCUT2D eigenvalue weighted by atomic mass is 10.00. The molecule has 0 aliphatic heterocycles. The highest BCUT2D eigenvalue weighted by molar-refractivity contribution is 5.84. The summed E-state index contributed by atoms with van der Waals surface area (Å²) in [6, 6.07) is 30.0. The summed E-state index contributed by atoms with van der Waals surface area (Å²) in [6.45, 7) is 4.23. The first-order valence-electron chi connectivity index (χ1n) is 9.90. The van der Waals surface area contributed by atoms with E-state index in [9.17, 15) is 0 Å². The first kappa shape index (κ1) is 17.4. The number of aryl methyl sites for hydroxylation is 2. The molecule has 0 unspecified atom stereocenters. The lowest BCUT2D eigenvalue weighted by Gasteiger charge is -2.10. The third-order valence-electron chi connectivity index (χ3n) is 5.37. The van der Waals surface area contributed by atoms with Crippen molar-refractivity contribution in [2.75, 3.05) is 0 Å². The van der Waals surface area contributed by atoms with Gasteiger partial charge in [0.25, 0.3) is 0 Å². The number of fused-ring (bicyclic) bond motifs is 1. The van der Waals surface area contributed by atoms with Crippen molar-refractivity contribution < 1.29 is 0 Å². The Hall–Kier alpha value is -3.65. The molecule has 0 spiro atoms. The number of aromatic nitrogens is 2. The van der Waals surface area contributed by atoms with Crippen LogP contribution in [0, 0.1) is 13.8 Å². The molecule has 0 bridgehead atoms. The van der Waals surface area contributed by atoms with Crippen LogP contribution in [-0.4, -0.2) is 9.38 Å². The van der Waals surface area contributed by atoms with Crippen LogP contribution >= 0.6 is 0 Å². The summed E-state index contributed by atoms with van der Waals surface area (Å²) in [5, 5.41) is 0. The summed E-state index contributed by atoms with van der Waals surface area (Å²) in [6.07, 6.45) is 4.30. The van der Waals surface area contributed by atoms with Gasteiger partial charge in [0.1, 0.15) is 5.65 Å². The molecule has 2 aromatic heterocycles. The molecule has 0 N–H and O–H groups in total. The summed E-state index contributed by atoms with van der Waals surface area (Å²) >= 11 is 0. The molecule has 0 aliphatic carbocycles. The van der Waals surface area contributed by atoms with Crippen LogP contribution in [0.3, 0.4) is 0 Å². The van der Waals surface area contributed by atoms with E-state index in [0.717, 1.165) is 22.5 Å². The average molecular weight is 374 g/mol. The normalized spacial score (nSPS) is 11.1. The molecule has 0 aliphatic rings. The molecule has 0 fully saturated rings. The predicted octanol–water partition coefficient (Wildman–Crippen LogP) is 6.95. The third-order valence-corrected chi connectivity index (χ3v) is 5.37. The fourth-order valence-electron chi connectivity index (χ4n) is 3.70. The SMILES string of the molecule is Cc1ccc(-c2cc(-c3ccc(C)cc3)c3nc(-c4ccccc4)cn3c2)cc1. The molecule has 2 heteroatoms. The van der Waals surface area contributed by atoms with Gasteiger partial charge in [-0.25, -0.2) is 4.98 Å². The van der Waals surface area contributed by atoms with Gasteiger partial charge in [0.2, 0.25) is 0 Å². The first-order valence-corrected chi connectivity index (χ1v) is 9.90. The van der Waals surface area contributed by atoms with Gasteiger partial charge in [-0.05, 0) is 36.6 Å². The fraction of sp³-hybridized carbons (Fsp3) is 0.0741. The molecule has 2 nitrogen and oxygen atoms in total. The Morgan fingerprint density at radius 2 is 1.21 bits per heavy atom. The molecule has 29 heavy (non-hydrogen) atoms. The van der Waals surface area contributed by atoms with Crippen molar-refractivity contribution in [3.63, 3.8) is 0 Å². The van der Waals surface area contributed by atoms with Crippen LogP contribution in [0.2, 0.25) is 0 Å². The Morgan fingerprint density at radius 1 is 0.586 bits per heavy atom. The van der Waals surface area contributed by atoms with Gasteiger partial charge in [0.15, 0.2) is 0 Å². The van der Waals surface area contributed by atoms with Crippen LogP contribution in [0.4, 0.5) is 0 Å². The number of rotatable bonds is 3. The second-order valence-electron chi connectivity index (χ2n) is 7.60. The molecule has 0 radical (unpaired) electrons. The van der Waals surface area contributed by atoms with Crippen LogP contribution in [-0.2, 0) is 0 Å². The van der Waals surface area contributed by atoms with E-state index < -0.39 is 0 Å². The van der Waals surface area contributed by atoms with E-state index >= 15 is 0 Å². The van der Waals surface area contributed by atoms with Crippen molar-refractivity contribution in [3.05, 3.63) is 108 Å². The number of imidazole rings is 1. The zero-order valence-electron chi connectivity index (χ0n) is 16.6. The minimum atomic E-state index is 0.976. The molecule has 5 rings (SSSR count). The van der Waals surface area contributed by atoms with Crippen molar-refractivity contribution in [2.45, 2.75) is 13.8 Å². The van der Waals surface area contributed by atoms with Gasteiger partial charge in [0.05, 0.1) is 5.69 Å². The third kappa shape index (κ3) is 3.34. The van der Waals surface area contributed by atoms with E-state index in [0.29, 0.717) is 0 Å². The van der Waals surface area contributed by atoms with Crippen molar-refractivity contribution in [1.29, 1.82) is 0 Å². The maximum atomic E-state index is 4.99. The van der Waals surface area contributed by atoms with Crippen LogP contribution < -0.4 is 0 Å². The fourth-order valence-corrected chi connectivity index (χ4v) is 3.70. The summed E-state index contributed by atoms with van der Waals surface area (Å²) in [4.78, 5) is 4.99. The molecule has 2 heterocycles. The van der Waals surface area contributed by atoms with Crippen LogP contribution in [0.25, 0.3) is 39.2 Å². The van der Waals surface area contributed by atoms with Crippen LogP contribution in [0.1, 0.15) is 11.1 Å². The topological polar surface area (TPSA) is 17.3 Å². The van der Waals surface area contributed by atoms with Crippen molar-refractivity contribution >= 4 is 5.65 Å². The second-order valence-corrected chi connectivity index (χ2v) is 7.60. The summed E-state index contributed by atoms with van der Waals surface area (Å²) in [5.41, 5.74) is 10.3. The molecule has 0 saturated carbocycles. The van der Waals surface area contributed by atoms with E-state index in [4.69, 9.17) is 4.98 Å². The zero-order valence-corrected chi connectivity index (χ0v) is 16.6. The molecule has 5 aromatic rings. The summed E-state index contributed by atoms with van der Waals surface area (Å²) < 4.78 is 2.16. The Balaban J connectivity index is 1.75. The van der Waals surface area contributed by atoms with Crippen molar-refractivity contribution in [2.24, 2.45) is 0 Å². The summed E-state index contributed by atoms with van der Waals surface area (Å²) in [7, 11) is 0. The highest BCUT2D eigenvalue weighted by Gasteiger charge is 2.12. The minimum absolute atomic E-state index is 0.976. The Bertz CT molecular complexity index is 1280. The van der Waals surface area contributed by atoms with Gasteiger partial charge in [-0.1, -0.05) is 90.0 Å². The second kappa shape index (κ2) is 7.06. The lowest BCUT2D eigenvalue weighted by molar-refractivity contribution is 1.19. The molecule has 0 amide bonds. The summed E-state index contributed by atoms with van der Waals surface area (Å²) in [5.74, 6) is 0. The van der Waals surface area contributed by atoms with Gasteiger partial charge in [-0.15, -0.1) is 0 Å². The van der Waals surface area contributed by atoms with Crippen LogP contribution in [0.5, 0.6) is 0 Å². The van der Waals surface area contributed by atoms with Gasteiger partial charge in [-0.3, -0.25) is 0 Å². The average Bonchev–Trinajstić information content (AvgIpc) is 3.19. The van der Waals surface area contributed by atoms with E-state index in [1.807, 2.05) is 6.07 Å². The standard InChI is InChI=1S/C27H22N2/c1-19-8-12-21(13-9-19)24-16-25(22-14-10-20(2)11-15-22)27-28-26(18-29(27)17-24)23-6-4-3-5-7-23/h3-18H,1-2H3. The maximum absolute atomic E-state index is 4.99. The van der Waals surface area contributed by atoms with E-state index in [-0.39, 0.29) is 0 Å². The molecule has 3 aromatic carbocycles. The van der Waals surface area contributed by atoms with Gasteiger partial charge in [0, 0.05) is 23.5 Å². The zero-order chi connectivity index (χ0) is 19.8. The van der Waals surface area contributed by atoms with Crippen molar-refractivity contribution in [1.82, 2.24) is 9.38 Å².